The Morgan fingerprint density at radius 2 is 1.79 bits per heavy atom. The SMILES string of the molecule is Cc1nn(C)c(C)c1NC1CCCCC1C(C)(C)C. The molecule has 19 heavy (non-hydrogen) atoms. The van der Waals surface area contributed by atoms with Crippen molar-refractivity contribution < 1.29 is 0 Å². The van der Waals surface area contributed by atoms with Crippen LogP contribution in [0.15, 0.2) is 0 Å². The first kappa shape index (κ1) is 14.4. The van der Waals surface area contributed by atoms with Gasteiger partial charge in [-0.1, -0.05) is 33.6 Å². The van der Waals surface area contributed by atoms with Gasteiger partial charge >= 0.3 is 0 Å². The number of nitrogens with one attached hydrogen (secondary N) is 1. The summed E-state index contributed by atoms with van der Waals surface area (Å²) in [5.41, 5.74) is 4.00. The number of hydrogen-bond donors (Lipinski definition) is 1. The molecule has 0 aliphatic heterocycles. The van der Waals surface area contributed by atoms with Gasteiger partial charge in [0, 0.05) is 13.1 Å². The lowest BCUT2D eigenvalue weighted by Crippen LogP contribution is -2.40. The second-order valence-electron chi connectivity index (χ2n) is 7.18. The molecule has 0 amide bonds. The largest absolute Gasteiger partial charge is 0.379 e. The van der Waals surface area contributed by atoms with Crippen LogP contribution in [0.25, 0.3) is 0 Å². The van der Waals surface area contributed by atoms with E-state index >= 15 is 0 Å². The predicted octanol–water partition coefficient (Wildman–Crippen LogP) is 4.05. The molecule has 1 fully saturated rings. The van der Waals surface area contributed by atoms with Crippen molar-refractivity contribution in [1.29, 1.82) is 0 Å². The molecule has 1 saturated carbocycles. The predicted molar refractivity (Wildman–Crippen MR) is 81.5 cm³/mol. The molecule has 0 radical (unpaired) electrons. The van der Waals surface area contributed by atoms with Crippen molar-refractivity contribution in [3.05, 3.63) is 11.4 Å². The summed E-state index contributed by atoms with van der Waals surface area (Å²) >= 11 is 0. The lowest BCUT2D eigenvalue weighted by Gasteiger charge is -2.41. The zero-order chi connectivity index (χ0) is 14.2. The highest BCUT2D eigenvalue weighted by Gasteiger charge is 2.34. The van der Waals surface area contributed by atoms with Crippen LogP contribution in [0.3, 0.4) is 0 Å². The molecule has 1 aliphatic carbocycles. The van der Waals surface area contributed by atoms with Gasteiger partial charge in [0.15, 0.2) is 0 Å². The zero-order valence-electron chi connectivity index (χ0n) is 13.4. The molecule has 0 bridgehead atoms. The minimum absolute atomic E-state index is 0.377. The Morgan fingerprint density at radius 3 is 2.32 bits per heavy atom. The molecule has 0 saturated heterocycles. The number of hydrogen-bond acceptors (Lipinski definition) is 2. The van der Waals surface area contributed by atoms with E-state index in [-0.39, 0.29) is 0 Å². The van der Waals surface area contributed by atoms with Gasteiger partial charge in [0.25, 0.3) is 0 Å². The van der Waals surface area contributed by atoms with Gasteiger partial charge in [0.1, 0.15) is 0 Å². The van der Waals surface area contributed by atoms with E-state index in [1.165, 1.54) is 37.1 Å². The van der Waals surface area contributed by atoms with Gasteiger partial charge in [-0.15, -0.1) is 0 Å². The van der Waals surface area contributed by atoms with Crippen molar-refractivity contribution >= 4 is 5.69 Å². The van der Waals surface area contributed by atoms with Gasteiger partial charge in [-0.25, -0.2) is 0 Å². The summed E-state index contributed by atoms with van der Waals surface area (Å²) in [6.45, 7) is 11.4. The standard InChI is InChI=1S/C16H29N3/c1-11-15(12(2)19(6)18-11)17-14-10-8-7-9-13(14)16(3,4)5/h13-14,17H,7-10H2,1-6H3. The summed E-state index contributed by atoms with van der Waals surface area (Å²) in [7, 11) is 2.02. The number of aryl methyl sites for hydroxylation is 2. The average Bonchev–Trinajstić information content (AvgIpc) is 2.55. The monoisotopic (exact) mass is 263 g/mol. The topological polar surface area (TPSA) is 29.9 Å². The van der Waals surface area contributed by atoms with Gasteiger partial charge in [-0.05, 0) is 38.0 Å². The lowest BCUT2D eigenvalue weighted by atomic mass is 9.69. The Labute approximate surface area is 117 Å². The maximum Gasteiger partial charge on any atom is 0.0827 e. The quantitative estimate of drug-likeness (QED) is 0.872. The van der Waals surface area contributed by atoms with E-state index in [0.29, 0.717) is 11.5 Å². The molecule has 3 heteroatoms. The number of rotatable bonds is 2. The molecule has 2 atom stereocenters. The van der Waals surface area contributed by atoms with Gasteiger partial charge < -0.3 is 5.32 Å². The van der Waals surface area contributed by atoms with Crippen molar-refractivity contribution in [3.63, 3.8) is 0 Å². The molecule has 0 spiro atoms. The third kappa shape index (κ3) is 2.96. The van der Waals surface area contributed by atoms with E-state index in [0.717, 1.165) is 11.6 Å². The summed E-state index contributed by atoms with van der Waals surface area (Å²) in [6.07, 6.45) is 5.36. The van der Waals surface area contributed by atoms with Crippen LogP contribution >= 0.6 is 0 Å². The Balaban J connectivity index is 2.20. The zero-order valence-corrected chi connectivity index (χ0v) is 13.4. The Bertz CT molecular complexity index is 440. The van der Waals surface area contributed by atoms with E-state index in [1.54, 1.807) is 0 Å². The minimum atomic E-state index is 0.377. The summed E-state index contributed by atoms with van der Waals surface area (Å²) in [5, 5.41) is 8.33. The summed E-state index contributed by atoms with van der Waals surface area (Å²) in [5.74, 6) is 0.750. The first-order chi connectivity index (χ1) is 8.80. The number of aromatic nitrogens is 2. The third-order valence-corrected chi connectivity index (χ3v) is 4.72. The highest BCUT2D eigenvalue weighted by molar-refractivity contribution is 5.52. The average molecular weight is 263 g/mol. The van der Waals surface area contributed by atoms with E-state index in [1.807, 2.05) is 11.7 Å². The van der Waals surface area contributed by atoms with E-state index in [2.05, 4.69) is 45.0 Å². The minimum Gasteiger partial charge on any atom is -0.379 e. The van der Waals surface area contributed by atoms with Crippen molar-refractivity contribution in [1.82, 2.24) is 9.78 Å². The van der Waals surface area contributed by atoms with Crippen LogP contribution < -0.4 is 5.32 Å². The molecule has 0 aromatic carbocycles. The molecule has 1 N–H and O–H groups in total. The fraction of sp³-hybridized carbons (Fsp3) is 0.812. The molecule has 108 valence electrons. The van der Waals surface area contributed by atoms with E-state index in [9.17, 15) is 0 Å². The van der Waals surface area contributed by atoms with Crippen LogP contribution in [0.4, 0.5) is 5.69 Å². The van der Waals surface area contributed by atoms with Crippen molar-refractivity contribution in [3.8, 4) is 0 Å². The molecule has 1 aromatic heterocycles. The van der Waals surface area contributed by atoms with Crippen LogP contribution in [-0.2, 0) is 7.05 Å². The van der Waals surface area contributed by atoms with Gasteiger partial charge in [0.05, 0.1) is 17.1 Å². The molecule has 2 rings (SSSR count). The molecule has 3 nitrogen and oxygen atoms in total. The van der Waals surface area contributed by atoms with Gasteiger partial charge in [0.2, 0.25) is 0 Å². The second-order valence-corrected chi connectivity index (χ2v) is 7.18. The highest BCUT2D eigenvalue weighted by Crippen LogP contribution is 2.39. The van der Waals surface area contributed by atoms with E-state index < -0.39 is 0 Å². The first-order valence-corrected chi connectivity index (χ1v) is 7.57. The second kappa shape index (κ2) is 5.18. The van der Waals surface area contributed by atoms with Crippen molar-refractivity contribution in [2.75, 3.05) is 5.32 Å². The molecule has 1 aliphatic rings. The van der Waals surface area contributed by atoms with Crippen LogP contribution in [0.5, 0.6) is 0 Å². The molecule has 2 unspecified atom stereocenters. The molecule has 1 aromatic rings. The van der Waals surface area contributed by atoms with Gasteiger partial charge in [-0.3, -0.25) is 4.68 Å². The molecular weight excluding hydrogens is 234 g/mol. The Morgan fingerprint density at radius 1 is 1.16 bits per heavy atom. The molecule has 1 heterocycles. The van der Waals surface area contributed by atoms with Crippen molar-refractivity contribution in [2.45, 2.75) is 66.3 Å². The summed E-state index contributed by atoms with van der Waals surface area (Å²) in [4.78, 5) is 0. The Kier molecular flexibility index (Phi) is 3.93. The first-order valence-electron chi connectivity index (χ1n) is 7.57. The smallest absolute Gasteiger partial charge is 0.0827 e. The number of nitrogens with zero attached hydrogens (tertiary/aromatic N) is 2. The van der Waals surface area contributed by atoms with Crippen LogP contribution in [-0.4, -0.2) is 15.8 Å². The Hall–Kier alpha value is -0.990. The van der Waals surface area contributed by atoms with Crippen LogP contribution in [0, 0.1) is 25.2 Å². The van der Waals surface area contributed by atoms with E-state index in [4.69, 9.17) is 0 Å². The fourth-order valence-corrected chi connectivity index (χ4v) is 3.51. The van der Waals surface area contributed by atoms with Crippen LogP contribution in [0.2, 0.25) is 0 Å². The summed E-state index contributed by atoms with van der Waals surface area (Å²) in [6, 6.07) is 0.593. The van der Waals surface area contributed by atoms with Crippen molar-refractivity contribution in [2.24, 2.45) is 18.4 Å². The van der Waals surface area contributed by atoms with Gasteiger partial charge in [-0.2, -0.15) is 5.10 Å². The number of anilines is 1. The lowest BCUT2D eigenvalue weighted by molar-refractivity contribution is 0.163. The molecular formula is C16H29N3. The fourth-order valence-electron chi connectivity index (χ4n) is 3.51. The normalized spacial score (nSPS) is 24.5. The maximum absolute atomic E-state index is 4.52. The summed E-state index contributed by atoms with van der Waals surface area (Å²) < 4.78 is 1.98. The maximum atomic E-state index is 4.52. The third-order valence-electron chi connectivity index (χ3n) is 4.72. The van der Waals surface area contributed by atoms with Crippen LogP contribution in [0.1, 0.15) is 57.8 Å². The highest BCUT2D eigenvalue weighted by atomic mass is 15.3.